The number of rotatable bonds is 6. The highest BCUT2D eigenvalue weighted by molar-refractivity contribution is 7.93. The van der Waals surface area contributed by atoms with Crippen molar-refractivity contribution < 1.29 is 18.0 Å². The van der Waals surface area contributed by atoms with Crippen LogP contribution in [0.2, 0.25) is 5.02 Å². The van der Waals surface area contributed by atoms with E-state index in [9.17, 15) is 18.0 Å². The minimum Gasteiger partial charge on any atom is -0.352 e. The molecule has 176 valence electrons. The van der Waals surface area contributed by atoms with E-state index < -0.39 is 27.9 Å². The van der Waals surface area contributed by atoms with E-state index in [2.05, 4.69) is 15.6 Å². The van der Waals surface area contributed by atoms with Crippen LogP contribution in [-0.2, 0) is 26.2 Å². The molecule has 0 saturated heterocycles. The molecule has 0 fully saturated rings. The average Bonchev–Trinajstić information content (AvgIpc) is 2.81. The summed E-state index contributed by atoms with van der Waals surface area (Å²) < 4.78 is 28.9. The molecule has 0 radical (unpaired) electrons. The number of hydrogen-bond donors (Lipinski definition) is 2. The third-order valence-electron chi connectivity index (χ3n) is 5.60. The van der Waals surface area contributed by atoms with E-state index in [1.807, 2.05) is 0 Å². The number of nitrogens with one attached hydrogen (secondary N) is 2. The average molecular weight is 499 g/mol. The molecule has 2 N–H and O–H groups in total. The molecular formula is C24H23ClN4O4S. The molecule has 34 heavy (non-hydrogen) atoms. The van der Waals surface area contributed by atoms with Gasteiger partial charge in [-0.2, -0.15) is 0 Å². The number of aromatic nitrogens is 1. The van der Waals surface area contributed by atoms with E-state index in [0.717, 1.165) is 9.87 Å². The highest BCUT2D eigenvalue weighted by Gasteiger charge is 2.42. The smallest absolute Gasteiger partial charge is 0.265 e. The molecule has 1 aromatic heterocycles. The molecule has 0 spiro atoms. The molecule has 2 heterocycles. The Bertz CT molecular complexity index is 1360. The maximum absolute atomic E-state index is 13.9. The second kappa shape index (κ2) is 9.44. The van der Waals surface area contributed by atoms with Crippen molar-refractivity contribution in [3.05, 3.63) is 82.6 Å². The number of anilines is 2. The van der Waals surface area contributed by atoms with Crippen LogP contribution < -0.4 is 14.9 Å². The number of aryl methyl sites for hydroxylation is 2. The fourth-order valence-corrected chi connectivity index (χ4v) is 5.97. The maximum atomic E-state index is 13.9. The number of carbonyl (C=O) groups excluding carboxylic acids is 2. The Hall–Kier alpha value is -3.43. The Balaban J connectivity index is 1.71. The Morgan fingerprint density at radius 1 is 1.12 bits per heavy atom. The lowest BCUT2D eigenvalue weighted by molar-refractivity contribution is -0.125. The van der Waals surface area contributed by atoms with Crippen molar-refractivity contribution in [1.82, 2.24) is 10.3 Å². The van der Waals surface area contributed by atoms with Crippen LogP contribution >= 0.6 is 11.6 Å². The van der Waals surface area contributed by atoms with Crippen molar-refractivity contribution >= 4 is 44.8 Å². The second-order valence-corrected chi connectivity index (χ2v) is 10.2. The zero-order valence-electron chi connectivity index (χ0n) is 18.6. The van der Waals surface area contributed by atoms with Crippen LogP contribution in [0.25, 0.3) is 0 Å². The highest BCUT2D eigenvalue weighted by Crippen LogP contribution is 2.38. The highest BCUT2D eigenvalue weighted by atomic mass is 35.5. The van der Waals surface area contributed by atoms with E-state index in [-0.39, 0.29) is 17.9 Å². The lowest BCUT2D eigenvalue weighted by Crippen LogP contribution is -2.52. The van der Waals surface area contributed by atoms with Crippen LogP contribution in [0.5, 0.6) is 0 Å². The van der Waals surface area contributed by atoms with Crippen LogP contribution in [0.3, 0.4) is 0 Å². The van der Waals surface area contributed by atoms with Gasteiger partial charge in [-0.15, -0.1) is 0 Å². The fraction of sp³-hybridized carbons (Fsp3) is 0.208. The molecule has 2 aromatic carbocycles. The molecule has 8 nitrogen and oxygen atoms in total. The van der Waals surface area contributed by atoms with Crippen molar-refractivity contribution in [3.63, 3.8) is 0 Å². The van der Waals surface area contributed by atoms with Gasteiger partial charge in [0.15, 0.2) is 0 Å². The molecular weight excluding hydrogens is 476 g/mol. The van der Waals surface area contributed by atoms with Crippen LogP contribution in [0, 0.1) is 13.8 Å². The molecule has 1 aliphatic rings. The van der Waals surface area contributed by atoms with Gasteiger partial charge in [-0.1, -0.05) is 23.7 Å². The first kappa shape index (κ1) is 23.7. The standard InChI is InChI=1S/C24H23ClN4O4S/c1-15-12-22(16(2)11-18(15)25)34(32,33)29-20-6-4-3-5-19(20)28-24(31)21(29)13-23(30)27-14-17-7-9-26-10-8-17/h3-12,21H,13-14H2,1-2H3,(H,27,30)(H,28,31). The van der Waals surface area contributed by atoms with Crippen LogP contribution in [0.15, 0.2) is 65.8 Å². The molecule has 3 aromatic rings. The number of nitrogens with zero attached hydrogens (tertiary/aromatic N) is 2. The Morgan fingerprint density at radius 2 is 1.82 bits per heavy atom. The first-order chi connectivity index (χ1) is 16.2. The number of sulfonamides is 1. The van der Waals surface area contributed by atoms with Gasteiger partial charge in [0.1, 0.15) is 6.04 Å². The summed E-state index contributed by atoms with van der Waals surface area (Å²) >= 11 is 6.18. The van der Waals surface area contributed by atoms with Crippen LogP contribution in [0.4, 0.5) is 11.4 Å². The van der Waals surface area contributed by atoms with Crippen molar-refractivity contribution in [1.29, 1.82) is 0 Å². The van der Waals surface area contributed by atoms with E-state index >= 15 is 0 Å². The number of pyridine rings is 1. The summed E-state index contributed by atoms with van der Waals surface area (Å²) in [7, 11) is -4.21. The third kappa shape index (κ3) is 4.62. The number of benzene rings is 2. The predicted molar refractivity (Wildman–Crippen MR) is 130 cm³/mol. The summed E-state index contributed by atoms with van der Waals surface area (Å²) in [4.78, 5) is 29.8. The summed E-state index contributed by atoms with van der Waals surface area (Å²) in [5, 5.41) is 5.91. The van der Waals surface area contributed by atoms with Gasteiger partial charge in [-0.05, 0) is 66.9 Å². The molecule has 0 saturated carbocycles. The summed E-state index contributed by atoms with van der Waals surface area (Å²) in [5.74, 6) is -1.04. The Kier molecular flexibility index (Phi) is 6.58. The number of amides is 2. The number of carbonyl (C=O) groups is 2. The quantitative estimate of drug-likeness (QED) is 0.540. The first-order valence-electron chi connectivity index (χ1n) is 10.5. The van der Waals surface area contributed by atoms with E-state index in [1.54, 1.807) is 68.7 Å². The van der Waals surface area contributed by atoms with Gasteiger partial charge < -0.3 is 10.6 Å². The topological polar surface area (TPSA) is 108 Å². The first-order valence-corrected chi connectivity index (χ1v) is 12.4. The van der Waals surface area contributed by atoms with Crippen molar-refractivity contribution in [2.75, 3.05) is 9.62 Å². The monoisotopic (exact) mass is 498 g/mol. The molecule has 1 atom stereocenters. The van der Waals surface area contributed by atoms with Gasteiger partial charge in [-0.25, -0.2) is 8.42 Å². The van der Waals surface area contributed by atoms with Crippen molar-refractivity contribution in [2.45, 2.75) is 37.8 Å². The van der Waals surface area contributed by atoms with Gasteiger partial charge in [-0.3, -0.25) is 18.9 Å². The Labute approximate surface area is 203 Å². The SMILES string of the molecule is Cc1cc(S(=O)(=O)N2c3ccccc3NC(=O)C2CC(=O)NCc2ccncc2)c(C)cc1Cl. The molecule has 0 bridgehead atoms. The van der Waals surface area contributed by atoms with E-state index in [0.29, 0.717) is 27.5 Å². The number of halogens is 1. The summed E-state index contributed by atoms with van der Waals surface area (Å²) in [5.41, 5.74) is 2.51. The Morgan fingerprint density at radius 3 is 2.56 bits per heavy atom. The van der Waals surface area contributed by atoms with Gasteiger partial charge in [0.25, 0.3) is 10.0 Å². The molecule has 1 aliphatic heterocycles. The van der Waals surface area contributed by atoms with Crippen LogP contribution in [0.1, 0.15) is 23.1 Å². The van der Waals surface area contributed by atoms with Crippen molar-refractivity contribution in [3.8, 4) is 0 Å². The molecule has 1 unspecified atom stereocenters. The lowest BCUT2D eigenvalue weighted by atomic mass is 10.1. The van der Waals surface area contributed by atoms with Gasteiger partial charge >= 0.3 is 0 Å². The lowest BCUT2D eigenvalue weighted by Gasteiger charge is -2.37. The van der Waals surface area contributed by atoms with E-state index in [4.69, 9.17) is 11.6 Å². The zero-order chi connectivity index (χ0) is 24.5. The summed E-state index contributed by atoms with van der Waals surface area (Å²) in [6.07, 6.45) is 2.87. The minimum absolute atomic E-state index is 0.0288. The minimum atomic E-state index is -4.21. The fourth-order valence-electron chi connectivity index (χ4n) is 3.82. The van der Waals surface area contributed by atoms with Crippen LogP contribution in [-0.4, -0.2) is 31.3 Å². The zero-order valence-corrected chi connectivity index (χ0v) is 20.2. The van der Waals surface area contributed by atoms with Crippen molar-refractivity contribution in [2.24, 2.45) is 0 Å². The molecule has 0 aliphatic carbocycles. The number of para-hydroxylation sites is 2. The molecule has 4 rings (SSSR count). The number of fused-ring (bicyclic) bond motifs is 1. The van der Waals surface area contributed by atoms with Gasteiger partial charge in [0.2, 0.25) is 11.8 Å². The summed E-state index contributed by atoms with van der Waals surface area (Å²) in [6, 6.07) is 11.9. The largest absolute Gasteiger partial charge is 0.352 e. The predicted octanol–water partition coefficient (Wildman–Crippen LogP) is 3.57. The third-order valence-corrected chi connectivity index (χ3v) is 7.97. The van der Waals surface area contributed by atoms with E-state index in [1.165, 1.54) is 6.07 Å². The normalized spacial score (nSPS) is 15.4. The summed E-state index contributed by atoms with van der Waals surface area (Å²) in [6.45, 7) is 3.58. The molecule has 10 heteroatoms. The van der Waals surface area contributed by atoms with Gasteiger partial charge in [0.05, 0.1) is 22.7 Å². The van der Waals surface area contributed by atoms with Gasteiger partial charge in [0, 0.05) is 24.0 Å². The second-order valence-electron chi connectivity index (χ2n) is 8.03. The number of hydrogen-bond acceptors (Lipinski definition) is 5. The molecule has 2 amide bonds. The maximum Gasteiger partial charge on any atom is 0.265 e.